The number of amides is 1. The van der Waals surface area contributed by atoms with Gasteiger partial charge in [-0.15, -0.1) is 0 Å². The summed E-state index contributed by atoms with van der Waals surface area (Å²) in [6.45, 7) is 1.92. The van der Waals surface area contributed by atoms with Crippen molar-refractivity contribution in [3.05, 3.63) is 29.8 Å². The lowest BCUT2D eigenvalue weighted by molar-refractivity contribution is -0.130. The smallest absolute Gasteiger partial charge is 0.224 e. The van der Waals surface area contributed by atoms with Crippen LogP contribution in [-0.4, -0.2) is 68.9 Å². The lowest BCUT2D eigenvalue weighted by Crippen LogP contribution is -2.42. The molecule has 2 aliphatic rings. The maximum Gasteiger partial charge on any atom is 0.224 e. The van der Waals surface area contributed by atoms with Crippen molar-refractivity contribution in [3.63, 3.8) is 0 Å². The SMILES string of the molecule is CS(=O)(=O)N[C@@H]1CN(C(=O)CCN2CCc3ccccc32)C[C@H]1O. The molecule has 1 aromatic carbocycles. The van der Waals surface area contributed by atoms with E-state index in [1.54, 1.807) is 0 Å². The van der Waals surface area contributed by atoms with Crippen molar-refractivity contribution in [2.75, 3.05) is 37.3 Å². The molecule has 0 spiro atoms. The summed E-state index contributed by atoms with van der Waals surface area (Å²) in [7, 11) is -3.40. The van der Waals surface area contributed by atoms with Crippen LogP contribution in [0.4, 0.5) is 5.69 Å². The fourth-order valence-electron chi connectivity index (χ4n) is 3.41. The van der Waals surface area contributed by atoms with Crippen molar-refractivity contribution in [1.29, 1.82) is 0 Å². The van der Waals surface area contributed by atoms with Gasteiger partial charge in [0.1, 0.15) is 0 Å². The Morgan fingerprint density at radius 1 is 1.33 bits per heavy atom. The summed E-state index contributed by atoms with van der Waals surface area (Å²) in [6, 6.07) is 7.57. The Balaban J connectivity index is 1.53. The number of sulfonamides is 1. The minimum absolute atomic E-state index is 0.0590. The standard InChI is InChI=1S/C16H23N3O4S/c1-24(22,23)17-13-10-19(11-15(13)20)16(21)7-9-18-8-6-12-4-2-3-5-14(12)18/h2-5,13,15,17,20H,6-11H2,1H3/t13-,15-/m1/s1. The third-order valence-corrected chi connectivity index (χ3v) is 5.32. The van der Waals surface area contributed by atoms with Crippen molar-refractivity contribution < 1.29 is 18.3 Å². The van der Waals surface area contributed by atoms with E-state index in [2.05, 4.69) is 21.8 Å². The fraction of sp³-hybridized carbons (Fsp3) is 0.562. The highest BCUT2D eigenvalue weighted by atomic mass is 32.2. The molecule has 1 amide bonds. The van der Waals surface area contributed by atoms with E-state index in [1.165, 1.54) is 16.2 Å². The highest BCUT2D eigenvalue weighted by molar-refractivity contribution is 7.88. The highest BCUT2D eigenvalue weighted by Crippen LogP contribution is 2.27. The molecule has 0 saturated carbocycles. The van der Waals surface area contributed by atoms with Crippen molar-refractivity contribution in [1.82, 2.24) is 9.62 Å². The van der Waals surface area contributed by atoms with Crippen molar-refractivity contribution >= 4 is 21.6 Å². The molecule has 2 heterocycles. The second kappa shape index (κ2) is 6.70. The Labute approximate surface area is 142 Å². The van der Waals surface area contributed by atoms with Crippen LogP contribution in [-0.2, 0) is 21.2 Å². The predicted molar refractivity (Wildman–Crippen MR) is 91.3 cm³/mol. The first kappa shape index (κ1) is 17.2. The summed E-state index contributed by atoms with van der Waals surface area (Å²) in [4.78, 5) is 16.1. The zero-order valence-electron chi connectivity index (χ0n) is 13.7. The summed E-state index contributed by atoms with van der Waals surface area (Å²) >= 11 is 0. The first-order valence-electron chi connectivity index (χ1n) is 8.09. The van der Waals surface area contributed by atoms with Crippen molar-refractivity contribution in [2.45, 2.75) is 25.0 Å². The van der Waals surface area contributed by atoms with Gasteiger partial charge in [-0.05, 0) is 18.1 Å². The first-order valence-corrected chi connectivity index (χ1v) is 9.98. The molecule has 2 aliphatic heterocycles. The van der Waals surface area contributed by atoms with E-state index in [0.717, 1.165) is 19.2 Å². The minimum Gasteiger partial charge on any atom is -0.390 e. The maximum absolute atomic E-state index is 12.4. The molecule has 0 aromatic heterocycles. The van der Waals surface area contributed by atoms with E-state index in [9.17, 15) is 18.3 Å². The Bertz CT molecular complexity index is 722. The van der Waals surface area contributed by atoms with Gasteiger partial charge in [-0.2, -0.15) is 0 Å². The summed E-state index contributed by atoms with van der Waals surface area (Å²) in [5.41, 5.74) is 2.49. The molecule has 132 valence electrons. The molecule has 3 rings (SSSR count). The molecule has 0 bridgehead atoms. The topological polar surface area (TPSA) is 90.0 Å². The zero-order chi connectivity index (χ0) is 17.3. The van der Waals surface area contributed by atoms with Gasteiger partial charge in [0.2, 0.25) is 15.9 Å². The molecule has 8 heteroatoms. The van der Waals surface area contributed by atoms with Crippen LogP contribution in [0.15, 0.2) is 24.3 Å². The number of para-hydroxylation sites is 1. The van der Waals surface area contributed by atoms with E-state index >= 15 is 0 Å². The monoisotopic (exact) mass is 353 g/mol. The quantitative estimate of drug-likeness (QED) is 0.749. The van der Waals surface area contributed by atoms with E-state index in [1.807, 2.05) is 12.1 Å². The van der Waals surface area contributed by atoms with E-state index in [0.29, 0.717) is 13.0 Å². The number of carbonyl (C=O) groups is 1. The number of β-amino-alcohol motifs (C(OH)–C–C–N with tert-alkyl or cyclic N) is 1. The number of anilines is 1. The second-order valence-electron chi connectivity index (χ2n) is 6.48. The van der Waals surface area contributed by atoms with Gasteiger partial charge < -0.3 is 14.9 Å². The van der Waals surface area contributed by atoms with Gasteiger partial charge in [0, 0.05) is 38.3 Å². The molecule has 7 nitrogen and oxygen atoms in total. The van der Waals surface area contributed by atoms with E-state index in [4.69, 9.17) is 0 Å². The summed E-state index contributed by atoms with van der Waals surface area (Å²) in [6.07, 6.45) is 1.53. The first-order chi connectivity index (χ1) is 11.3. The number of benzene rings is 1. The molecular formula is C16H23N3O4S. The molecule has 1 fully saturated rings. The number of carbonyl (C=O) groups excluding carboxylic acids is 1. The van der Waals surface area contributed by atoms with Gasteiger partial charge >= 0.3 is 0 Å². The molecular weight excluding hydrogens is 330 g/mol. The molecule has 0 unspecified atom stereocenters. The van der Waals surface area contributed by atoms with Crippen LogP contribution in [0.3, 0.4) is 0 Å². The molecule has 24 heavy (non-hydrogen) atoms. The Morgan fingerprint density at radius 3 is 2.83 bits per heavy atom. The maximum atomic E-state index is 12.4. The second-order valence-corrected chi connectivity index (χ2v) is 8.26. The summed E-state index contributed by atoms with van der Waals surface area (Å²) < 4.78 is 25.0. The van der Waals surface area contributed by atoms with E-state index in [-0.39, 0.29) is 19.0 Å². The van der Waals surface area contributed by atoms with Gasteiger partial charge in [0.15, 0.2) is 0 Å². The van der Waals surface area contributed by atoms with Crippen LogP contribution in [0, 0.1) is 0 Å². The lowest BCUT2D eigenvalue weighted by atomic mass is 10.2. The third-order valence-electron chi connectivity index (χ3n) is 4.59. The number of likely N-dealkylation sites (tertiary alicyclic amines) is 1. The van der Waals surface area contributed by atoms with Crippen LogP contribution in [0.2, 0.25) is 0 Å². The van der Waals surface area contributed by atoms with Gasteiger partial charge in [-0.1, -0.05) is 18.2 Å². The number of aliphatic hydroxyl groups is 1. The average molecular weight is 353 g/mol. The van der Waals surface area contributed by atoms with Crippen molar-refractivity contribution in [3.8, 4) is 0 Å². The van der Waals surface area contributed by atoms with Crippen molar-refractivity contribution in [2.24, 2.45) is 0 Å². The molecule has 0 radical (unpaired) electrons. The van der Waals surface area contributed by atoms with Gasteiger partial charge in [-0.3, -0.25) is 4.79 Å². The van der Waals surface area contributed by atoms with Gasteiger partial charge in [-0.25, -0.2) is 13.1 Å². The van der Waals surface area contributed by atoms with Gasteiger partial charge in [0.25, 0.3) is 0 Å². The third kappa shape index (κ3) is 3.88. The Morgan fingerprint density at radius 2 is 2.08 bits per heavy atom. The fourth-order valence-corrected chi connectivity index (χ4v) is 4.19. The number of fused-ring (bicyclic) bond motifs is 1. The summed E-state index contributed by atoms with van der Waals surface area (Å²) in [5, 5.41) is 9.95. The molecule has 1 aromatic rings. The molecule has 2 atom stereocenters. The van der Waals surface area contributed by atoms with E-state index < -0.39 is 22.2 Å². The van der Waals surface area contributed by atoms with Crippen LogP contribution < -0.4 is 9.62 Å². The predicted octanol–water partition coefficient (Wildman–Crippen LogP) is -0.440. The minimum atomic E-state index is -3.40. The van der Waals surface area contributed by atoms with Crippen LogP contribution >= 0.6 is 0 Å². The number of hydrogen-bond donors (Lipinski definition) is 2. The number of rotatable bonds is 5. The number of aliphatic hydroxyl groups excluding tert-OH is 1. The highest BCUT2D eigenvalue weighted by Gasteiger charge is 2.35. The zero-order valence-corrected chi connectivity index (χ0v) is 14.5. The van der Waals surface area contributed by atoms with Gasteiger partial charge in [0.05, 0.1) is 18.4 Å². The van der Waals surface area contributed by atoms with Crippen LogP contribution in [0.25, 0.3) is 0 Å². The largest absolute Gasteiger partial charge is 0.390 e. The molecule has 1 saturated heterocycles. The lowest BCUT2D eigenvalue weighted by Gasteiger charge is -2.21. The normalized spacial score (nSPS) is 23.6. The summed E-state index contributed by atoms with van der Waals surface area (Å²) in [5.74, 6) is -0.0590. The number of nitrogens with zero attached hydrogens (tertiary/aromatic N) is 2. The molecule has 0 aliphatic carbocycles. The molecule has 2 N–H and O–H groups in total. The number of hydrogen-bond acceptors (Lipinski definition) is 5. The van der Waals surface area contributed by atoms with Crippen LogP contribution in [0.1, 0.15) is 12.0 Å². The van der Waals surface area contributed by atoms with Crippen LogP contribution in [0.5, 0.6) is 0 Å². The average Bonchev–Trinajstić information content (AvgIpc) is 3.08. The Kier molecular flexibility index (Phi) is 4.80. The number of nitrogens with one attached hydrogen (secondary N) is 1. The Hall–Kier alpha value is -1.64.